The van der Waals surface area contributed by atoms with Gasteiger partial charge in [0.1, 0.15) is 12.4 Å². The monoisotopic (exact) mass is 419 g/mol. The van der Waals surface area contributed by atoms with Gasteiger partial charge in [-0.3, -0.25) is 9.59 Å². The third-order valence-electron chi connectivity index (χ3n) is 4.15. The molecule has 31 heavy (non-hydrogen) atoms. The molecule has 0 aliphatic rings. The molecule has 0 aliphatic carbocycles. The van der Waals surface area contributed by atoms with Crippen molar-refractivity contribution in [1.82, 2.24) is 5.43 Å². The zero-order valence-corrected chi connectivity index (χ0v) is 16.7. The lowest BCUT2D eigenvalue weighted by atomic mass is 10.2. The third kappa shape index (κ3) is 6.33. The number of anilines is 1. The lowest BCUT2D eigenvalue weighted by Gasteiger charge is -2.08. The minimum atomic E-state index is -0.925. The van der Waals surface area contributed by atoms with Crippen LogP contribution >= 0.6 is 0 Å². The van der Waals surface area contributed by atoms with Gasteiger partial charge in [-0.25, -0.2) is 5.43 Å². The van der Waals surface area contributed by atoms with Crippen molar-refractivity contribution in [3.63, 3.8) is 0 Å². The van der Waals surface area contributed by atoms with E-state index in [0.29, 0.717) is 23.6 Å². The average Bonchev–Trinajstić information content (AvgIpc) is 2.80. The topological polar surface area (TPSA) is 109 Å². The molecular weight excluding hydrogens is 398 g/mol. The van der Waals surface area contributed by atoms with Crippen LogP contribution in [0.3, 0.4) is 0 Å². The van der Waals surface area contributed by atoms with Crippen LogP contribution in [0.25, 0.3) is 0 Å². The molecule has 0 heterocycles. The van der Waals surface area contributed by atoms with Gasteiger partial charge in [0.15, 0.2) is 11.5 Å². The Bertz CT molecular complexity index is 1070. The smallest absolute Gasteiger partial charge is 0.329 e. The normalized spacial score (nSPS) is 10.5. The molecule has 3 rings (SSSR count). The van der Waals surface area contributed by atoms with Crippen LogP contribution in [0.15, 0.2) is 77.9 Å². The Morgan fingerprint density at radius 1 is 1.00 bits per heavy atom. The fourth-order valence-corrected chi connectivity index (χ4v) is 2.55. The van der Waals surface area contributed by atoms with Crippen LogP contribution in [0, 0.1) is 0 Å². The number of amides is 2. The molecule has 0 spiro atoms. The number of hydrogen-bond donors (Lipinski definition) is 3. The highest BCUT2D eigenvalue weighted by Crippen LogP contribution is 2.25. The van der Waals surface area contributed by atoms with Crippen LogP contribution in [0.4, 0.5) is 5.69 Å². The van der Waals surface area contributed by atoms with Crippen LogP contribution < -0.4 is 20.2 Å². The van der Waals surface area contributed by atoms with Gasteiger partial charge in [-0.1, -0.05) is 30.3 Å². The molecule has 0 unspecified atom stereocenters. The standard InChI is InChI=1S/C23H21N3O5/c1-30-21-13-17(7-12-20(21)27)14-24-26-23(29)22(28)25-18-8-10-19(11-9-18)31-15-16-5-3-2-4-6-16/h2-14,27H,15H2,1H3,(H,25,28)(H,26,29)/b24-14-. The maximum atomic E-state index is 12.0. The molecule has 0 bridgehead atoms. The molecule has 3 N–H and O–H groups in total. The van der Waals surface area contributed by atoms with E-state index in [2.05, 4.69) is 15.8 Å². The van der Waals surface area contributed by atoms with Crippen molar-refractivity contribution >= 4 is 23.7 Å². The number of hydrogen-bond acceptors (Lipinski definition) is 6. The summed E-state index contributed by atoms with van der Waals surface area (Å²) < 4.78 is 10.7. The summed E-state index contributed by atoms with van der Waals surface area (Å²) in [6.45, 7) is 0.430. The number of carbonyl (C=O) groups is 2. The number of methoxy groups -OCH3 is 1. The summed E-state index contributed by atoms with van der Waals surface area (Å²) in [5.41, 5.74) is 4.20. The van der Waals surface area contributed by atoms with Gasteiger partial charge in [0.2, 0.25) is 0 Å². The first-order valence-corrected chi connectivity index (χ1v) is 9.33. The Hall–Kier alpha value is -4.33. The number of nitrogens with one attached hydrogen (secondary N) is 2. The van der Waals surface area contributed by atoms with Gasteiger partial charge < -0.3 is 19.9 Å². The number of phenolic OH excluding ortho intramolecular Hbond substituents is 1. The van der Waals surface area contributed by atoms with Crippen molar-refractivity contribution in [2.24, 2.45) is 5.10 Å². The van der Waals surface area contributed by atoms with E-state index in [-0.39, 0.29) is 11.5 Å². The fourth-order valence-electron chi connectivity index (χ4n) is 2.55. The third-order valence-corrected chi connectivity index (χ3v) is 4.15. The number of aromatic hydroxyl groups is 1. The Balaban J connectivity index is 1.48. The van der Waals surface area contributed by atoms with Gasteiger partial charge in [-0.15, -0.1) is 0 Å². The second-order valence-electron chi connectivity index (χ2n) is 6.38. The summed E-state index contributed by atoms with van der Waals surface area (Å²) in [7, 11) is 1.42. The van der Waals surface area contributed by atoms with E-state index in [9.17, 15) is 14.7 Å². The van der Waals surface area contributed by atoms with E-state index < -0.39 is 11.8 Å². The SMILES string of the molecule is COc1cc(/C=N\NC(=O)C(=O)Nc2ccc(OCc3ccccc3)cc2)ccc1O. The van der Waals surface area contributed by atoms with Crippen LogP contribution in [0.5, 0.6) is 17.2 Å². The minimum Gasteiger partial charge on any atom is -0.504 e. The Morgan fingerprint density at radius 2 is 1.74 bits per heavy atom. The number of benzene rings is 3. The molecule has 8 heteroatoms. The van der Waals surface area contributed by atoms with Crippen LogP contribution in [0.1, 0.15) is 11.1 Å². The first kappa shape index (κ1) is 21.4. The summed E-state index contributed by atoms with van der Waals surface area (Å²) in [6.07, 6.45) is 1.33. The summed E-state index contributed by atoms with van der Waals surface area (Å²) in [5, 5.41) is 15.8. The van der Waals surface area contributed by atoms with Crippen molar-refractivity contribution in [3.8, 4) is 17.2 Å². The van der Waals surface area contributed by atoms with Crippen LogP contribution in [-0.2, 0) is 16.2 Å². The molecule has 3 aromatic rings. The van der Waals surface area contributed by atoms with Gasteiger partial charge in [-0.05, 0) is 53.6 Å². The zero-order chi connectivity index (χ0) is 22.1. The zero-order valence-electron chi connectivity index (χ0n) is 16.7. The number of hydrazone groups is 1. The predicted octanol–water partition coefficient (Wildman–Crippen LogP) is 3.07. The first-order chi connectivity index (χ1) is 15.0. The maximum absolute atomic E-state index is 12.0. The molecule has 0 saturated heterocycles. The molecule has 0 atom stereocenters. The molecular formula is C23H21N3O5. The van der Waals surface area contributed by atoms with Gasteiger partial charge in [0.25, 0.3) is 0 Å². The van der Waals surface area contributed by atoms with E-state index in [1.54, 1.807) is 30.3 Å². The summed E-state index contributed by atoms with van der Waals surface area (Å²) >= 11 is 0. The van der Waals surface area contributed by atoms with E-state index in [4.69, 9.17) is 9.47 Å². The van der Waals surface area contributed by atoms with E-state index in [1.165, 1.54) is 25.5 Å². The fraction of sp³-hybridized carbons (Fsp3) is 0.0870. The summed E-state index contributed by atoms with van der Waals surface area (Å²) in [6, 6.07) is 21.0. The van der Waals surface area contributed by atoms with Crippen molar-refractivity contribution < 1.29 is 24.2 Å². The van der Waals surface area contributed by atoms with Crippen molar-refractivity contribution in [2.45, 2.75) is 6.61 Å². The maximum Gasteiger partial charge on any atom is 0.329 e. The summed E-state index contributed by atoms with van der Waals surface area (Å²) in [4.78, 5) is 23.9. The number of ether oxygens (including phenoxy) is 2. The number of carbonyl (C=O) groups excluding carboxylic acids is 2. The van der Waals surface area contributed by atoms with E-state index in [0.717, 1.165) is 5.56 Å². The Labute approximate surface area is 179 Å². The molecule has 0 aliphatic heterocycles. The van der Waals surface area contributed by atoms with Crippen molar-refractivity contribution in [3.05, 3.63) is 83.9 Å². The number of phenols is 1. The summed E-state index contributed by atoms with van der Waals surface area (Å²) in [5.74, 6) is -0.895. The van der Waals surface area contributed by atoms with E-state index in [1.807, 2.05) is 30.3 Å². The minimum absolute atomic E-state index is 0.0143. The highest BCUT2D eigenvalue weighted by atomic mass is 16.5. The lowest BCUT2D eigenvalue weighted by Crippen LogP contribution is -2.32. The Morgan fingerprint density at radius 3 is 2.45 bits per heavy atom. The van der Waals surface area contributed by atoms with Crippen LogP contribution in [-0.4, -0.2) is 30.2 Å². The van der Waals surface area contributed by atoms with Crippen LogP contribution in [0.2, 0.25) is 0 Å². The molecule has 2 amide bonds. The molecule has 0 radical (unpaired) electrons. The quantitative estimate of drug-likeness (QED) is 0.310. The second kappa shape index (κ2) is 10.4. The van der Waals surface area contributed by atoms with Gasteiger partial charge in [-0.2, -0.15) is 5.10 Å². The van der Waals surface area contributed by atoms with Gasteiger partial charge in [0.05, 0.1) is 13.3 Å². The lowest BCUT2D eigenvalue weighted by molar-refractivity contribution is -0.136. The molecule has 0 fully saturated rings. The number of rotatable bonds is 7. The van der Waals surface area contributed by atoms with E-state index >= 15 is 0 Å². The highest BCUT2D eigenvalue weighted by molar-refractivity contribution is 6.39. The van der Waals surface area contributed by atoms with Gasteiger partial charge >= 0.3 is 11.8 Å². The number of nitrogens with zero attached hydrogens (tertiary/aromatic N) is 1. The largest absolute Gasteiger partial charge is 0.504 e. The van der Waals surface area contributed by atoms with Crippen molar-refractivity contribution in [1.29, 1.82) is 0 Å². The molecule has 8 nitrogen and oxygen atoms in total. The molecule has 0 aromatic heterocycles. The molecule has 158 valence electrons. The second-order valence-corrected chi connectivity index (χ2v) is 6.38. The average molecular weight is 419 g/mol. The Kier molecular flexibility index (Phi) is 7.21. The molecule has 3 aromatic carbocycles. The molecule has 0 saturated carbocycles. The first-order valence-electron chi connectivity index (χ1n) is 9.33. The predicted molar refractivity (Wildman–Crippen MR) is 116 cm³/mol. The van der Waals surface area contributed by atoms with Crippen molar-refractivity contribution in [2.75, 3.05) is 12.4 Å². The highest BCUT2D eigenvalue weighted by Gasteiger charge is 2.13. The van der Waals surface area contributed by atoms with Gasteiger partial charge in [0, 0.05) is 5.69 Å².